The Balaban J connectivity index is 2.06. The minimum absolute atomic E-state index is 0.301. The largest absolute Gasteiger partial charge is 0.454 e. The summed E-state index contributed by atoms with van der Waals surface area (Å²) in [6.07, 6.45) is 0. The number of fused-ring (bicyclic) bond motifs is 1. The van der Waals surface area contributed by atoms with Crippen LogP contribution in [0.1, 0.15) is 12.5 Å². The lowest BCUT2D eigenvalue weighted by Crippen LogP contribution is -2.11. The maximum Gasteiger partial charge on any atom is 0.153 e. The van der Waals surface area contributed by atoms with E-state index in [-0.39, 0.29) is 5.82 Å². The highest BCUT2D eigenvalue weighted by Crippen LogP contribution is 2.33. The second-order valence-electron chi connectivity index (χ2n) is 4.86. The molecule has 0 unspecified atom stereocenters. The second kappa shape index (κ2) is 5.88. The van der Waals surface area contributed by atoms with E-state index < -0.39 is 0 Å². The molecule has 1 heterocycles. The fourth-order valence-electron chi connectivity index (χ4n) is 2.30. The van der Waals surface area contributed by atoms with E-state index in [0.29, 0.717) is 28.5 Å². The molecule has 0 aliphatic rings. The zero-order valence-corrected chi connectivity index (χ0v) is 12.4. The molecule has 0 saturated heterocycles. The van der Waals surface area contributed by atoms with Crippen molar-refractivity contribution in [3.05, 3.63) is 58.9 Å². The molecule has 1 N–H and O–H groups in total. The number of benzene rings is 2. The highest BCUT2D eigenvalue weighted by atomic mass is 35.5. The number of furan rings is 1. The number of rotatable bonds is 4. The van der Waals surface area contributed by atoms with Crippen molar-refractivity contribution in [2.24, 2.45) is 0 Å². The third kappa shape index (κ3) is 2.80. The van der Waals surface area contributed by atoms with Gasteiger partial charge >= 0.3 is 0 Å². The van der Waals surface area contributed by atoms with Crippen LogP contribution in [0, 0.1) is 5.82 Å². The zero-order valence-electron chi connectivity index (χ0n) is 11.6. The zero-order chi connectivity index (χ0) is 14.8. The predicted octanol–water partition coefficient (Wildman–Crippen LogP) is 5.00. The molecule has 21 heavy (non-hydrogen) atoms. The van der Waals surface area contributed by atoms with Crippen LogP contribution in [0.5, 0.6) is 0 Å². The van der Waals surface area contributed by atoms with Gasteiger partial charge in [0.15, 0.2) is 5.58 Å². The van der Waals surface area contributed by atoms with Gasteiger partial charge in [-0.1, -0.05) is 36.7 Å². The molecule has 0 bridgehead atoms. The van der Waals surface area contributed by atoms with Gasteiger partial charge in [-0.2, -0.15) is 0 Å². The SMILES string of the molecule is CCNCc1ccc(F)c(-c2cc3cccc(Cl)c3o2)c1. The van der Waals surface area contributed by atoms with Crippen LogP contribution in [0.15, 0.2) is 46.9 Å². The first kappa shape index (κ1) is 14.1. The summed E-state index contributed by atoms with van der Waals surface area (Å²) in [5.74, 6) is 0.194. The second-order valence-corrected chi connectivity index (χ2v) is 5.27. The van der Waals surface area contributed by atoms with Crippen LogP contribution < -0.4 is 5.32 Å². The fourth-order valence-corrected chi connectivity index (χ4v) is 2.52. The molecule has 0 spiro atoms. The quantitative estimate of drug-likeness (QED) is 0.733. The minimum Gasteiger partial charge on any atom is -0.454 e. The van der Waals surface area contributed by atoms with E-state index in [1.807, 2.05) is 31.2 Å². The van der Waals surface area contributed by atoms with Crippen LogP contribution >= 0.6 is 11.6 Å². The Bertz CT molecular complexity index is 782. The Kier molecular flexibility index (Phi) is 3.95. The van der Waals surface area contributed by atoms with Gasteiger partial charge in [-0.25, -0.2) is 4.39 Å². The first-order chi connectivity index (χ1) is 10.2. The van der Waals surface area contributed by atoms with Crippen molar-refractivity contribution in [2.45, 2.75) is 13.5 Å². The Morgan fingerprint density at radius 3 is 2.81 bits per heavy atom. The van der Waals surface area contributed by atoms with Crippen molar-refractivity contribution in [1.29, 1.82) is 0 Å². The van der Waals surface area contributed by atoms with E-state index in [1.165, 1.54) is 6.07 Å². The number of hydrogen-bond donors (Lipinski definition) is 1. The van der Waals surface area contributed by atoms with Gasteiger partial charge < -0.3 is 9.73 Å². The van der Waals surface area contributed by atoms with Crippen molar-refractivity contribution in [3.63, 3.8) is 0 Å². The molecule has 0 saturated carbocycles. The van der Waals surface area contributed by atoms with E-state index in [0.717, 1.165) is 17.5 Å². The summed E-state index contributed by atoms with van der Waals surface area (Å²) < 4.78 is 19.8. The molecule has 3 rings (SSSR count). The highest BCUT2D eigenvalue weighted by Gasteiger charge is 2.13. The van der Waals surface area contributed by atoms with E-state index in [9.17, 15) is 4.39 Å². The molecule has 2 nitrogen and oxygen atoms in total. The van der Waals surface area contributed by atoms with Gasteiger partial charge in [0.05, 0.1) is 10.6 Å². The lowest BCUT2D eigenvalue weighted by molar-refractivity contribution is 0.600. The number of para-hydroxylation sites is 1. The van der Waals surface area contributed by atoms with E-state index >= 15 is 0 Å². The normalized spacial score (nSPS) is 11.2. The first-order valence-corrected chi connectivity index (χ1v) is 7.24. The van der Waals surface area contributed by atoms with Gasteiger partial charge in [-0.3, -0.25) is 0 Å². The van der Waals surface area contributed by atoms with Crippen LogP contribution in [0.4, 0.5) is 4.39 Å². The average molecular weight is 304 g/mol. The number of hydrogen-bond acceptors (Lipinski definition) is 2. The van der Waals surface area contributed by atoms with Crippen LogP contribution in [-0.4, -0.2) is 6.54 Å². The Morgan fingerprint density at radius 1 is 1.19 bits per heavy atom. The maximum atomic E-state index is 14.1. The molecule has 1 aromatic heterocycles. The highest BCUT2D eigenvalue weighted by molar-refractivity contribution is 6.34. The average Bonchev–Trinajstić information content (AvgIpc) is 2.92. The fraction of sp³-hybridized carbons (Fsp3) is 0.176. The van der Waals surface area contributed by atoms with Gasteiger partial charge in [0.1, 0.15) is 11.6 Å². The summed E-state index contributed by atoms with van der Waals surface area (Å²) in [7, 11) is 0. The molecule has 0 aliphatic heterocycles. The van der Waals surface area contributed by atoms with Crippen molar-refractivity contribution in [1.82, 2.24) is 5.32 Å². The van der Waals surface area contributed by atoms with Crippen LogP contribution in [-0.2, 0) is 6.54 Å². The molecule has 3 aromatic rings. The summed E-state index contributed by atoms with van der Waals surface area (Å²) in [6.45, 7) is 3.60. The number of nitrogens with one attached hydrogen (secondary N) is 1. The predicted molar refractivity (Wildman–Crippen MR) is 84.0 cm³/mol. The Hall–Kier alpha value is -1.84. The maximum absolute atomic E-state index is 14.1. The van der Waals surface area contributed by atoms with Gasteiger partial charge in [-0.15, -0.1) is 0 Å². The minimum atomic E-state index is -0.301. The third-order valence-corrected chi connectivity index (χ3v) is 3.67. The van der Waals surface area contributed by atoms with Crippen LogP contribution in [0.25, 0.3) is 22.3 Å². The summed E-state index contributed by atoms with van der Waals surface area (Å²) in [6, 6.07) is 12.4. The lowest BCUT2D eigenvalue weighted by Gasteiger charge is -2.05. The molecule has 4 heteroatoms. The molecule has 108 valence electrons. The molecular formula is C17H15ClFNO. The van der Waals surface area contributed by atoms with Gasteiger partial charge in [-0.05, 0) is 36.4 Å². The molecule has 0 fully saturated rings. The van der Waals surface area contributed by atoms with Crippen molar-refractivity contribution in [2.75, 3.05) is 6.54 Å². The van der Waals surface area contributed by atoms with E-state index in [4.69, 9.17) is 16.0 Å². The van der Waals surface area contributed by atoms with E-state index in [2.05, 4.69) is 5.32 Å². The third-order valence-electron chi connectivity index (χ3n) is 3.37. The van der Waals surface area contributed by atoms with Crippen molar-refractivity contribution >= 4 is 22.6 Å². The van der Waals surface area contributed by atoms with Gasteiger partial charge in [0, 0.05) is 11.9 Å². The van der Waals surface area contributed by atoms with Crippen molar-refractivity contribution in [3.8, 4) is 11.3 Å². The summed E-state index contributed by atoms with van der Waals surface area (Å²) in [5, 5.41) is 4.62. The molecule has 0 atom stereocenters. The Labute approximate surface area is 127 Å². The van der Waals surface area contributed by atoms with Gasteiger partial charge in [0.2, 0.25) is 0 Å². The molecule has 0 radical (unpaired) electrons. The topological polar surface area (TPSA) is 25.2 Å². The summed E-state index contributed by atoms with van der Waals surface area (Å²) in [5.41, 5.74) is 2.06. The molecule has 0 amide bonds. The smallest absolute Gasteiger partial charge is 0.153 e. The Morgan fingerprint density at radius 2 is 2.05 bits per heavy atom. The standard InChI is InChI=1S/C17H15ClFNO/c1-2-20-10-11-6-7-15(19)13(8-11)16-9-12-4-3-5-14(18)17(12)21-16/h3-9,20H,2,10H2,1H3. The van der Waals surface area contributed by atoms with E-state index in [1.54, 1.807) is 12.1 Å². The number of halogens is 2. The molecule has 2 aromatic carbocycles. The molecular weight excluding hydrogens is 289 g/mol. The molecule has 0 aliphatic carbocycles. The van der Waals surface area contributed by atoms with Crippen LogP contribution in [0.3, 0.4) is 0 Å². The lowest BCUT2D eigenvalue weighted by atomic mass is 10.1. The summed E-state index contributed by atoms with van der Waals surface area (Å²) >= 11 is 6.10. The van der Waals surface area contributed by atoms with Crippen molar-refractivity contribution < 1.29 is 8.81 Å². The summed E-state index contributed by atoms with van der Waals surface area (Å²) in [4.78, 5) is 0. The van der Waals surface area contributed by atoms with Crippen LogP contribution in [0.2, 0.25) is 5.02 Å². The first-order valence-electron chi connectivity index (χ1n) is 6.86. The van der Waals surface area contributed by atoms with Gasteiger partial charge in [0.25, 0.3) is 0 Å². The monoisotopic (exact) mass is 303 g/mol.